The Labute approximate surface area is 416 Å². The zero-order valence-electron chi connectivity index (χ0n) is 49.0. The third-order valence-corrected chi connectivity index (χ3v) is 9.79. The summed E-state index contributed by atoms with van der Waals surface area (Å²) < 4.78 is 6.56. The Balaban J connectivity index is -0.000000187. The second-order valence-electron chi connectivity index (χ2n) is 17.1. The van der Waals surface area contributed by atoms with Gasteiger partial charge in [0.2, 0.25) is 0 Å². The standard InChI is InChI=1S/C20H31NO.C19H25N2.C6H14.2C4H10.C3H8.3C2H6/c1-6-15-21(5)19(7-2)10-8-9-16-22-20-13-11-18(12-14-20)17(3)4;1-14-7-10-19(18(11-14)20-4)21(5,6)13-17-9-8-15(2)16(3)12-17;1-4-5-6(2)3;2*1-3-4-2;1-3-2;3*1-2/h7,11-14H,3,6,8-10,15-16H2,1-2,4-5H3;7-12H,4,13H2,1-3,5-6H3;6H,4-5H2,1-3H3;2*3-4H2,1-2H3;3H2,1-2H3;3*1-2H3/q;+1;;;;;;;. The van der Waals surface area contributed by atoms with Gasteiger partial charge in [-0.25, -0.2) is 0 Å². The molecule has 0 atom stereocenters. The first-order chi connectivity index (χ1) is 31.4. The van der Waals surface area contributed by atoms with Gasteiger partial charge in [0.25, 0.3) is 0 Å². The summed E-state index contributed by atoms with van der Waals surface area (Å²) in [4.78, 5) is 6.56. The van der Waals surface area contributed by atoms with Crippen LogP contribution in [-0.4, -0.2) is 45.9 Å². The van der Waals surface area contributed by atoms with Gasteiger partial charge < -0.3 is 9.64 Å². The first-order valence-corrected chi connectivity index (χ1v) is 26.6. The van der Waals surface area contributed by atoms with Crippen LogP contribution < -0.4 is 9.22 Å². The summed E-state index contributed by atoms with van der Waals surface area (Å²) in [6.45, 7) is 55.0. The van der Waals surface area contributed by atoms with Gasteiger partial charge in [0.15, 0.2) is 5.69 Å². The van der Waals surface area contributed by atoms with E-state index in [1.807, 2.05) is 60.6 Å². The number of rotatable bonds is 18. The van der Waals surface area contributed by atoms with E-state index in [9.17, 15) is 0 Å². The number of unbranched alkanes of at least 4 members (excludes halogenated alkanes) is 3. The minimum absolute atomic E-state index is 0.761. The van der Waals surface area contributed by atoms with Crippen molar-refractivity contribution in [3.05, 3.63) is 107 Å². The number of aryl methyl sites for hydroxylation is 3. The molecule has 0 heterocycles. The molecule has 3 aromatic rings. The summed E-state index contributed by atoms with van der Waals surface area (Å²) in [6, 6.07) is 21.3. The molecule has 66 heavy (non-hydrogen) atoms. The van der Waals surface area contributed by atoms with E-state index in [1.165, 1.54) is 90.6 Å². The average Bonchev–Trinajstić information content (AvgIpc) is 3.31. The quantitative estimate of drug-likeness (QED) is 0.0721. The molecule has 0 aromatic heterocycles. The van der Waals surface area contributed by atoms with Crippen LogP contribution in [0.4, 0.5) is 11.4 Å². The molecule has 0 aliphatic heterocycles. The predicted octanol–water partition coefficient (Wildman–Crippen LogP) is 20.8. The second-order valence-corrected chi connectivity index (χ2v) is 17.1. The molecule has 0 radical (unpaired) electrons. The van der Waals surface area contributed by atoms with Gasteiger partial charge in [0.05, 0.1) is 20.7 Å². The monoisotopic (exact) mass is 919 g/mol. The molecule has 4 heteroatoms. The molecule has 0 aliphatic carbocycles. The molecule has 384 valence electrons. The van der Waals surface area contributed by atoms with Crippen LogP contribution in [0.2, 0.25) is 0 Å². The van der Waals surface area contributed by atoms with Crippen LogP contribution in [0.3, 0.4) is 0 Å². The molecule has 0 bridgehead atoms. The van der Waals surface area contributed by atoms with Gasteiger partial charge >= 0.3 is 0 Å². The Morgan fingerprint density at radius 3 is 1.61 bits per heavy atom. The highest BCUT2D eigenvalue weighted by Gasteiger charge is 2.23. The van der Waals surface area contributed by atoms with Crippen molar-refractivity contribution in [2.75, 3.05) is 34.3 Å². The van der Waals surface area contributed by atoms with Crippen LogP contribution in [-0.2, 0) is 6.54 Å². The first kappa shape index (κ1) is 73.9. The Hall–Kier alpha value is -3.63. The van der Waals surface area contributed by atoms with E-state index in [0.717, 1.165) is 66.4 Å². The molecule has 0 saturated heterocycles. The molecule has 0 spiro atoms. The molecule has 0 aliphatic rings. The molecular formula is C62H116N3O+. The molecule has 0 fully saturated rings. The highest BCUT2D eigenvalue weighted by Crippen LogP contribution is 2.34. The van der Waals surface area contributed by atoms with E-state index < -0.39 is 0 Å². The van der Waals surface area contributed by atoms with Gasteiger partial charge in [0, 0.05) is 30.9 Å². The van der Waals surface area contributed by atoms with Crippen molar-refractivity contribution in [3.63, 3.8) is 0 Å². The van der Waals surface area contributed by atoms with Crippen LogP contribution in [0.5, 0.6) is 5.75 Å². The van der Waals surface area contributed by atoms with E-state index >= 15 is 0 Å². The van der Waals surface area contributed by atoms with Crippen LogP contribution >= 0.6 is 0 Å². The fourth-order valence-electron chi connectivity index (χ4n) is 5.76. The largest absolute Gasteiger partial charge is 0.494 e. The average molecular weight is 920 g/mol. The Morgan fingerprint density at radius 1 is 0.712 bits per heavy atom. The lowest BCUT2D eigenvalue weighted by Gasteiger charge is -2.30. The lowest BCUT2D eigenvalue weighted by molar-refractivity contribution is 0.303. The van der Waals surface area contributed by atoms with Crippen LogP contribution in [0.15, 0.2) is 84.0 Å². The van der Waals surface area contributed by atoms with Crippen LogP contribution in [0.1, 0.15) is 223 Å². The third-order valence-electron chi connectivity index (χ3n) is 9.79. The van der Waals surface area contributed by atoms with Gasteiger partial charge in [-0.3, -0.25) is 9.48 Å². The molecule has 3 aromatic carbocycles. The van der Waals surface area contributed by atoms with E-state index in [-0.39, 0.29) is 0 Å². The van der Waals surface area contributed by atoms with E-state index in [2.05, 4.69) is 196 Å². The number of ether oxygens (including phenoxy) is 1. The highest BCUT2D eigenvalue weighted by molar-refractivity contribution is 5.67. The van der Waals surface area contributed by atoms with Gasteiger partial charge in [0.1, 0.15) is 18.0 Å². The van der Waals surface area contributed by atoms with Crippen molar-refractivity contribution >= 4 is 23.7 Å². The number of allylic oxidation sites excluding steroid dienone is 3. The minimum atomic E-state index is 0.761. The topological polar surface area (TPSA) is 24.8 Å². The third kappa shape index (κ3) is 41.8. The predicted molar refractivity (Wildman–Crippen MR) is 312 cm³/mol. The van der Waals surface area contributed by atoms with Gasteiger partial charge in [-0.2, -0.15) is 0 Å². The van der Waals surface area contributed by atoms with Crippen molar-refractivity contribution in [2.45, 2.75) is 223 Å². The number of benzene rings is 3. The van der Waals surface area contributed by atoms with Crippen LogP contribution in [0.25, 0.3) is 5.57 Å². The maximum Gasteiger partial charge on any atom is 0.158 e. The zero-order chi connectivity index (χ0) is 52.5. The highest BCUT2D eigenvalue weighted by atomic mass is 16.5. The van der Waals surface area contributed by atoms with Crippen molar-refractivity contribution in [2.24, 2.45) is 10.9 Å². The zero-order valence-corrected chi connectivity index (χ0v) is 49.0. The summed E-state index contributed by atoms with van der Waals surface area (Å²) in [5.74, 6) is 1.84. The maximum absolute atomic E-state index is 5.80. The number of hydrogen-bond acceptors (Lipinski definition) is 3. The molecule has 3 rings (SSSR count). The first-order valence-electron chi connectivity index (χ1n) is 26.6. The number of quaternary nitrogens is 1. The van der Waals surface area contributed by atoms with E-state index in [4.69, 9.17) is 4.74 Å². The number of aliphatic imine (C=N–C) groups is 1. The molecule has 0 N–H and O–H groups in total. The lowest BCUT2D eigenvalue weighted by atomic mass is 10.0. The van der Waals surface area contributed by atoms with Gasteiger partial charge in [-0.05, 0) is 113 Å². The summed E-state index contributed by atoms with van der Waals surface area (Å²) in [6.07, 6.45) is 16.0. The van der Waals surface area contributed by atoms with Crippen molar-refractivity contribution < 1.29 is 4.74 Å². The molecule has 0 saturated carbocycles. The smallest absolute Gasteiger partial charge is 0.158 e. The lowest BCUT2D eigenvalue weighted by Crippen LogP contribution is -2.39. The Morgan fingerprint density at radius 2 is 1.23 bits per heavy atom. The van der Waals surface area contributed by atoms with E-state index in [0.29, 0.717) is 0 Å². The fraction of sp³-hybridized carbons (Fsp3) is 0.629. The number of nitrogens with zero attached hydrogens (tertiary/aromatic N) is 3. The Kier molecular flexibility index (Phi) is 58.6. The SMILES string of the molecule is C=C(C)c1ccc(OCCCCC(=CC)N(C)CCC)cc1.C=Nc1cc(C)ccc1[N+](C)(C)Cc1ccc(C)c(C)c1.CC.CC.CC.CCC.CCCC.CCCC.CCCC(C)C. The summed E-state index contributed by atoms with van der Waals surface area (Å²) >= 11 is 0. The molecule has 0 unspecified atom stereocenters. The normalized spacial score (nSPS) is 9.80. The summed E-state index contributed by atoms with van der Waals surface area (Å²) in [5, 5.41) is 0. The fourth-order valence-corrected chi connectivity index (χ4v) is 5.76. The van der Waals surface area contributed by atoms with E-state index in [1.54, 1.807) is 0 Å². The number of hydrogen-bond donors (Lipinski definition) is 0. The Bertz CT molecular complexity index is 1510. The summed E-state index contributed by atoms with van der Waals surface area (Å²) in [5.41, 5.74) is 11.1. The van der Waals surface area contributed by atoms with Gasteiger partial charge in [-0.1, -0.05) is 210 Å². The maximum atomic E-state index is 5.80. The molecule has 4 nitrogen and oxygen atoms in total. The molecular weight excluding hydrogens is 803 g/mol. The van der Waals surface area contributed by atoms with Crippen molar-refractivity contribution in [1.29, 1.82) is 0 Å². The van der Waals surface area contributed by atoms with Crippen molar-refractivity contribution in [1.82, 2.24) is 9.38 Å². The van der Waals surface area contributed by atoms with Crippen molar-refractivity contribution in [3.8, 4) is 5.75 Å². The summed E-state index contributed by atoms with van der Waals surface area (Å²) in [7, 11) is 6.61. The second kappa shape index (κ2) is 52.3. The van der Waals surface area contributed by atoms with Crippen LogP contribution in [0, 0.1) is 26.7 Å². The minimum Gasteiger partial charge on any atom is -0.494 e. The van der Waals surface area contributed by atoms with Gasteiger partial charge in [-0.15, -0.1) is 0 Å². The molecule has 0 amide bonds.